The monoisotopic (exact) mass is 278 g/mol. The Kier molecular flexibility index (Phi) is 3.36. The Labute approximate surface area is 122 Å². The standard InChI is InChI=1S/C17H14N2O2/c1-11-3-6-16(21-2)13(9-11)17(20)12-4-5-14-15(10-12)19-8-7-18-14/h3-10H,1-2H3. The molecular weight excluding hydrogens is 264 g/mol. The molecule has 0 fully saturated rings. The maximum Gasteiger partial charge on any atom is 0.196 e. The average molecular weight is 278 g/mol. The van der Waals surface area contributed by atoms with E-state index < -0.39 is 0 Å². The molecule has 4 nitrogen and oxygen atoms in total. The number of ether oxygens (including phenoxy) is 1. The quantitative estimate of drug-likeness (QED) is 0.690. The van der Waals surface area contributed by atoms with Crippen LogP contribution in [0.25, 0.3) is 11.0 Å². The molecule has 1 heterocycles. The van der Waals surface area contributed by atoms with Gasteiger partial charge in [0.2, 0.25) is 0 Å². The zero-order valence-electron chi connectivity index (χ0n) is 11.8. The van der Waals surface area contributed by atoms with Crippen LogP contribution in [0.4, 0.5) is 0 Å². The van der Waals surface area contributed by atoms with Crippen LogP contribution in [0.15, 0.2) is 48.8 Å². The Morgan fingerprint density at radius 3 is 2.52 bits per heavy atom. The molecule has 21 heavy (non-hydrogen) atoms. The summed E-state index contributed by atoms with van der Waals surface area (Å²) in [5, 5.41) is 0. The number of aryl methyl sites for hydroxylation is 1. The molecule has 0 saturated heterocycles. The van der Waals surface area contributed by atoms with E-state index in [0.717, 1.165) is 11.1 Å². The third-order valence-corrected chi connectivity index (χ3v) is 3.33. The lowest BCUT2D eigenvalue weighted by molar-refractivity contribution is 0.103. The molecule has 3 aromatic rings. The lowest BCUT2D eigenvalue weighted by atomic mass is 10.00. The second-order valence-electron chi connectivity index (χ2n) is 4.79. The fraction of sp³-hybridized carbons (Fsp3) is 0.118. The molecule has 104 valence electrons. The Bertz CT molecular complexity index is 828. The summed E-state index contributed by atoms with van der Waals surface area (Å²) in [6, 6.07) is 10.9. The summed E-state index contributed by atoms with van der Waals surface area (Å²) in [5.41, 5.74) is 3.62. The van der Waals surface area contributed by atoms with Gasteiger partial charge in [-0.2, -0.15) is 0 Å². The highest BCUT2D eigenvalue weighted by molar-refractivity contribution is 6.12. The highest BCUT2D eigenvalue weighted by Crippen LogP contribution is 2.24. The fourth-order valence-electron chi connectivity index (χ4n) is 2.26. The zero-order valence-corrected chi connectivity index (χ0v) is 11.8. The average Bonchev–Trinajstić information content (AvgIpc) is 2.53. The number of methoxy groups -OCH3 is 1. The summed E-state index contributed by atoms with van der Waals surface area (Å²) in [7, 11) is 1.56. The van der Waals surface area contributed by atoms with Crippen molar-refractivity contribution >= 4 is 16.8 Å². The van der Waals surface area contributed by atoms with E-state index in [1.165, 1.54) is 0 Å². The normalized spacial score (nSPS) is 10.6. The lowest BCUT2D eigenvalue weighted by Gasteiger charge is -2.09. The topological polar surface area (TPSA) is 52.1 Å². The predicted molar refractivity (Wildman–Crippen MR) is 80.7 cm³/mol. The molecule has 0 N–H and O–H groups in total. The van der Waals surface area contributed by atoms with E-state index in [9.17, 15) is 4.79 Å². The minimum absolute atomic E-state index is 0.0805. The second kappa shape index (κ2) is 5.32. The molecular formula is C17H14N2O2. The van der Waals surface area contributed by atoms with Gasteiger partial charge in [-0.25, -0.2) is 0 Å². The first-order chi connectivity index (χ1) is 10.2. The van der Waals surface area contributed by atoms with Crippen LogP contribution in [0.3, 0.4) is 0 Å². The first-order valence-electron chi connectivity index (χ1n) is 6.59. The van der Waals surface area contributed by atoms with Crippen molar-refractivity contribution in [1.82, 2.24) is 9.97 Å². The molecule has 0 aliphatic heterocycles. The van der Waals surface area contributed by atoms with Gasteiger partial charge < -0.3 is 4.74 Å². The maximum atomic E-state index is 12.7. The minimum Gasteiger partial charge on any atom is -0.496 e. The van der Waals surface area contributed by atoms with Crippen molar-refractivity contribution in [2.75, 3.05) is 7.11 Å². The van der Waals surface area contributed by atoms with E-state index >= 15 is 0 Å². The first kappa shape index (κ1) is 13.2. The van der Waals surface area contributed by atoms with Gasteiger partial charge in [0.25, 0.3) is 0 Å². The molecule has 3 rings (SSSR count). The van der Waals surface area contributed by atoms with Gasteiger partial charge in [-0.1, -0.05) is 11.6 Å². The van der Waals surface area contributed by atoms with Gasteiger partial charge in [-0.05, 0) is 37.3 Å². The van der Waals surface area contributed by atoms with Crippen LogP contribution >= 0.6 is 0 Å². The van der Waals surface area contributed by atoms with E-state index in [1.54, 1.807) is 37.7 Å². The second-order valence-corrected chi connectivity index (χ2v) is 4.79. The van der Waals surface area contributed by atoms with Gasteiger partial charge >= 0.3 is 0 Å². The molecule has 1 aromatic heterocycles. The molecule has 0 bridgehead atoms. The molecule has 0 aliphatic carbocycles. The molecule has 4 heteroatoms. The van der Waals surface area contributed by atoms with Gasteiger partial charge in [0.15, 0.2) is 5.78 Å². The van der Waals surface area contributed by atoms with E-state index in [2.05, 4.69) is 9.97 Å². The van der Waals surface area contributed by atoms with Crippen molar-refractivity contribution in [2.45, 2.75) is 6.92 Å². The predicted octanol–water partition coefficient (Wildman–Crippen LogP) is 3.18. The van der Waals surface area contributed by atoms with E-state index in [0.29, 0.717) is 22.4 Å². The van der Waals surface area contributed by atoms with Gasteiger partial charge in [0, 0.05) is 18.0 Å². The number of carbonyl (C=O) groups excluding carboxylic acids is 1. The van der Waals surface area contributed by atoms with Crippen molar-refractivity contribution in [3.63, 3.8) is 0 Å². The van der Waals surface area contributed by atoms with Gasteiger partial charge in [0.05, 0.1) is 23.7 Å². The SMILES string of the molecule is COc1ccc(C)cc1C(=O)c1ccc2nccnc2c1. The van der Waals surface area contributed by atoms with Crippen molar-refractivity contribution in [1.29, 1.82) is 0 Å². The van der Waals surface area contributed by atoms with Crippen LogP contribution in [0.5, 0.6) is 5.75 Å². The number of hydrogen-bond donors (Lipinski definition) is 0. The summed E-state index contributed by atoms with van der Waals surface area (Å²) in [4.78, 5) is 21.1. The van der Waals surface area contributed by atoms with Crippen molar-refractivity contribution in [3.8, 4) is 5.75 Å². The molecule has 0 spiro atoms. The third-order valence-electron chi connectivity index (χ3n) is 3.33. The summed E-state index contributed by atoms with van der Waals surface area (Å²) in [6.07, 6.45) is 3.25. The number of fused-ring (bicyclic) bond motifs is 1. The number of hydrogen-bond acceptors (Lipinski definition) is 4. The van der Waals surface area contributed by atoms with Gasteiger partial charge in [0.1, 0.15) is 5.75 Å². The van der Waals surface area contributed by atoms with E-state index in [-0.39, 0.29) is 5.78 Å². The Morgan fingerprint density at radius 1 is 1.00 bits per heavy atom. The number of benzene rings is 2. The smallest absolute Gasteiger partial charge is 0.196 e. The van der Waals surface area contributed by atoms with Crippen molar-refractivity contribution < 1.29 is 9.53 Å². The molecule has 0 radical (unpaired) electrons. The first-order valence-corrected chi connectivity index (χ1v) is 6.59. The van der Waals surface area contributed by atoms with Crippen LogP contribution in [0.1, 0.15) is 21.5 Å². The van der Waals surface area contributed by atoms with Crippen molar-refractivity contribution in [2.24, 2.45) is 0 Å². The van der Waals surface area contributed by atoms with Crippen molar-refractivity contribution in [3.05, 3.63) is 65.5 Å². The Morgan fingerprint density at radius 2 is 1.76 bits per heavy atom. The third kappa shape index (κ3) is 2.48. The zero-order chi connectivity index (χ0) is 14.8. The molecule has 0 aliphatic rings. The van der Waals surface area contributed by atoms with Gasteiger partial charge in [-0.3, -0.25) is 14.8 Å². The van der Waals surface area contributed by atoms with E-state index in [1.807, 2.05) is 25.1 Å². The van der Waals surface area contributed by atoms with Crippen LogP contribution in [-0.2, 0) is 0 Å². The number of carbonyl (C=O) groups is 1. The number of rotatable bonds is 3. The van der Waals surface area contributed by atoms with Crippen LogP contribution in [0.2, 0.25) is 0 Å². The summed E-state index contributed by atoms with van der Waals surface area (Å²) in [5.74, 6) is 0.493. The highest BCUT2D eigenvalue weighted by Gasteiger charge is 2.15. The lowest BCUT2D eigenvalue weighted by Crippen LogP contribution is -2.04. The molecule has 0 amide bonds. The van der Waals surface area contributed by atoms with E-state index in [4.69, 9.17) is 4.74 Å². The minimum atomic E-state index is -0.0805. The fourth-order valence-corrected chi connectivity index (χ4v) is 2.26. The summed E-state index contributed by atoms with van der Waals surface area (Å²) < 4.78 is 5.28. The summed E-state index contributed by atoms with van der Waals surface area (Å²) >= 11 is 0. The number of aromatic nitrogens is 2. The van der Waals surface area contributed by atoms with Crippen LogP contribution in [0, 0.1) is 6.92 Å². The number of nitrogens with zero attached hydrogens (tertiary/aromatic N) is 2. The molecule has 0 atom stereocenters. The Balaban J connectivity index is 2.10. The molecule has 0 unspecified atom stereocenters. The van der Waals surface area contributed by atoms with Crippen LogP contribution in [-0.4, -0.2) is 22.9 Å². The summed E-state index contributed by atoms with van der Waals surface area (Å²) in [6.45, 7) is 1.95. The molecule has 2 aromatic carbocycles. The Hall–Kier alpha value is -2.75. The highest BCUT2D eigenvalue weighted by atomic mass is 16.5. The molecule has 0 saturated carbocycles. The van der Waals surface area contributed by atoms with Gasteiger partial charge in [-0.15, -0.1) is 0 Å². The number of ketones is 1. The largest absolute Gasteiger partial charge is 0.496 e. The maximum absolute atomic E-state index is 12.7. The van der Waals surface area contributed by atoms with Crippen LogP contribution < -0.4 is 4.74 Å².